The summed E-state index contributed by atoms with van der Waals surface area (Å²) in [4.78, 5) is 5.40. The summed E-state index contributed by atoms with van der Waals surface area (Å²) in [6.45, 7) is 4.88. The van der Waals surface area contributed by atoms with Gasteiger partial charge in [0.15, 0.2) is 0 Å². The molecule has 0 aliphatic heterocycles. The molecule has 168 valence electrons. The average molecular weight is 460 g/mol. The lowest BCUT2D eigenvalue weighted by Crippen LogP contribution is -2.62. The highest BCUT2D eigenvalue weighted by Gasteiger charge is 2.62. The van der Waals surface area contributed by atoms with Gasteiger partial charge in [0, 0.05) is 28.0 Å². The smallest absolute Gasteiger partial charge is 0.0764 e. The summed E-state index contributed by atoms with van der Waals surface area (Å²) >= 11 is 2.07. The van der Waals surface area contributed by atoms with Crippen molar-refractivity contribution in [2.45, 2.75) is 41.7 Å². The van der Waals surface area contributed by atoms with Crippen LogP contribution >= 0.6 is 11.8 Å². The summed E-state index contributed by atoms with van der Waals surface area (Å²) in [6.07, 6.45) is 2.10. The zero-order chi connectivity index (χ0) is 23.2. The monoisotopic (exact) mass is 459 g/mol. The van der Waals surface area contributed by atoms with E-state index in [1.54, 1.807) is 0 Å². The third-order valence-electron chi connectivity index (χ3n) is 8.00. The van der Waals surface area contributed by atoms with E-state index in [0.717, 1.165) is 11.3 Å². The number of thioether (sulfide) groups is 1. The zero-order valence-electron chi connectivity index (χ0n) is 19.7. The Morgan fingerprint density at radius 1 is 0.647 bits per heavy atom. The first-order chi connectivity index (χ1) is 16.6. The minimum Gasteiger partial charge on any atom is -0.287 e. The fourth-order valence-corrected chi connectivity index (χ4v) is 7.94. The van der Waals surface area contributed by atoms with Crippen LogP contribution in [0.5, 0.6) is 0 Å². The van der Waals surface area contributed by atoms with E-state index in [1.165, 1.54) is 27.8 Å². The SMILES string of the molecule is CC12c3ccccc3C(C)(c3ccccc31)[C@@H](SCc1ccccc1)[C@H]2N=Cc1ccccc1. The summed E-state index contributed by atoms with van der Waals surface area (Å²) < 4.78 is 0. The highest BCUT2D eigenvalue weighted by molar-refractivity contribution is 7.99. The molecule has 4 aromatic carbocycles. The summed E-state index contributed by atoms with van der Waals surface area (Å²) in [5.41, 5.74) is 8.04. The molecule has 0 fully saturated rings. The van der Waals surface area contributed by atoms with Gasteiger partial charge in [-0.3, -0.25) is 4.99 Å². The van der Waals surface area contributed by atoms with Gasteiger partial charge in [-0.25, -0.2) is 0 Å². The minimum absolute atomic E-state index is 0.108. The number of benzene rings is 4. The molecule has 0 saturated heterocycles. The first-order valence-corrected chi connectivity index (χ1v) is 13.1. The van der Waals surface area contributed by atoms with Gasteiger partial charge in [-0.1, -0.05) is 116 Å². The van der Waals surface area contributed by atoms with Crippen LogP contribution in [0.1, 0.15) is 47.2 Å². The second kappa shape index (κ2) is 8.29. The Morgan fingerprint density at radius 3 is 1.68 bits per heavy atom. The van der Waals surface area contributed by atoms with Gasteiger partial charge in [0.25, 0.3) is 0 Å². The molecule has 0 aromatic heterocycles. The molecule has 3 aliphatic carbocycles. The minimum atomic E-state index is -0.176. The number of aliphatic imine (C=N–C) groups is 1. The average Bonchev–Trinajstić information content (AvgIpc) is 2.90. The number of nitrogens with zero attached hydrogens (tertiary/aromatic N) is 1. The fourth-order valence-electron chi connectivity index (χ4n) is 6.26. The van der Waals surface area contributed by atoms with Crippen LogP contribution < -0.4 is 0 Å². The standard InChI is InChI=1S/C32H29NS/c1-31-25-17-9-11-19-27(25)32(2,28-20-12-10-18-26(28)31)30(34-22-24-15-7-4-8-16-24)29(31)33-21-23-13-5-3-6-14-23/h3-21,29-30H,22H2,1-2H3/t29-,30+,31?,32?/m1/s1. The topological polar surface area (TPSA) is 12.4 Å². The maximum absolute atomic E-state index is 5.40. The van der Waals surface area contributed by atoms with E-state index in [9.17, 15) is 0 Å². The van der Waals surface area contributed by atoms with Crippen molar-refractivity contribution in [2.75, 3.05) is 0 Å². The molecule has 1 nitrogen and oxygen atoms in total. The van der Waals surface area contributed by atoms with Crippen molar-refractivity contribution in [1.29, 1.82) is 0 Å². The first-order valence-electron chi connectivity index (χ1n) is 12.1. The van der Waals surface area contributed by atoms with Gasteiger partial charge < -0.3 is 0 Å². The van der Waals surface area contributed by atoms with Crippen LogP contribution in [-0.2, 0) is 16.6 Å². The largest absolute Gasteiger partial charge is 0.287 e. The van der Waals surface area contributed by atoms with E-state index in [4.69, 9.17) is 4.99 Å². The Labute approximate surface area is 207 Å². The van der Waals surface area contributed by atoms with Gasteiger partial charge >= 0.3 is 0 Å². The van der Waals surface area contributed by atoms with Crippen molar-refractivity contribution in [3.8, 4) is 0 Å². The summed E-state index contributed by atoms with van der Waals surface area (Å²) in [5.74, 6) is 0.985. The van der Waals surface area contributed by atoms with Crippen LogP contribution in [0.4, 0.5) is 0 Å². The van der Waals surface area contributed by atoms with Crippen LogP contribution in [-0.4, -0.2) is 17.5 Å². The molecule has 0 heterocycles. The third-order valence-corrected chi connectivity index (χ3v) is 9.58. The van der Waals surface area contributed by atoms with Crippen LogP contribution in [0.2, 0.25) is 0 Å². The molecular formula is C32H29NS. The normalized spacial score (nSPS) is 26.9. The lowest BCUT2D eigenvalue weighted by molar-refractivity contribution is 0.294. The summed E-state index contributed by atoms with van der Waals surface area (Å²) in [7, 11) is 0. The van der Waals surface area contributed by atoms with Crippen LogP contribution in [0.25, 0.3) is 0 Å². The molecule has 0 unspecified atom stereocenters. The maximum Gasteiger partial charge on any atom is 0.0764 e. The maximum atomic E-state index is 5.40. The van der Waals surface area contributed by atoms with Crippen molar-refractivity contribution >= 4 is 18.0 Å². The summed E-state index contributed by atoms with van der Waals surface area (Å²) in [6, 6.07) is 39.7. The van der Waals surface area contributed by atoms with E-state index in [1.807, 2.05) is 0 Å². The molecule has 4 aromatic rings. The Bertz CT molecular complexity index is 1290. The molecule has 0 amide bonds. The van der Waals surface area contributed by atoms with Gasteiger partial charge in [0.1, 0.15) is 0 Å². The Hall–Kier alpha value is -3.10. The second-order valence-corrected chi connectivity index (χ2v) is 11.0. The van der Waals surface area contributed by atoms with Gasteiger partial charge in [-0.2, -0.15) is 11.8 Å². The van der Waals surface area contributed by atoms with Gasteiger partial charge in [0.2, 0.25) is 0 Å². The number of hydrogen-bond acceptors (Lipinski definition) is 2. The van der Waals surface area contributed by atoms with Crippen LogP contribution in [0.15, 0.2) is 114 Å². The molecule has 0 radical (unpaired) electrons. The lowest BCUT2D eigenvalue weighted by Gasteiger charge is -2.60. The van der Waals surface area contributed by atoms with Crippen molar-refractivity contribution in [3.63, 3.8) is 0 Å². The first kappa shape index (κ1) is 21.4. The number of fused-ring (bicyclic) bond motifs is 1. The molecule has 2 heteroatoms. The molecule has 2 bridgehead atoms. The van der Waals surface area contributed by atoms with E-state index in [0.29, 0.717) is 5.25 Å². The van der Waals surface area contributed by atoms with Gasteiger partial charge in [-0.05, 0) is 40.3 Å². The zero-order valence-corrected chi connectivity index (χ0v) is 20.5. The van der Waals surface area contributed by atoms with E-state index < -0.39 is 0 Å². The van der Waals surface area contributed by atoms with E-state index >= 15 is 0 Å². The predicted molar refractivity (Wildman–Crippen MR) is 145 cm³/mol. The van der Waals surface area contributed by atoms with Crippen LogP contribution in [0, 0.1) is 0 Å². The van der Waals surface area contributed by atoms with Crippen molar-refractivity contribution in [3.05, 3.63) is 143 Å². The highest BCUT2D eigenvalue weighted by atomic mass is 32.2. The Balaban J connectivity index is 1.54. The van der Waals surface area contributed by atoms with Crippen molar-refractivity contribution in [2.24, 2.45) is 4.99 Å². The molecule has 34 heavy (non-hydrogen) atoms. The molecule has 7 rings (SSSR count). The highest BCUT2D eigenvalue weighted by Crippen LogP contribution is 2.62. The molecular weight excluding hydrogens is 430 g/mol. The number of rotatable bonds is 5. The van der Waals surface area contributed by atoms with Crippen molar-refractivity contribution < 1.29 is 0 Å². The van der Waals surface area contributed by atoms with Crippen LogP contribution in [0.3, 0.4) is 0 Å². The summed E-state index contributed by atoms with van der Waals surface area (Å²) in [5, 5.41) is 0.322. The van der Waals surface area contributed by atoms with Gasteiger partial charge in [0.05, 0.1) is 6.04 Å². The quantitative estimate of drug-likeness (QED) is 0.283. The fraction of sp³-hybridized carbons (Fsp3) is 0.219. The van der Waals surface area contributed by atoms with Gasteiger partial charge in [-0.15, -0.1) is 0 Å². The molecule has 3 aliphatic rings. The number of hydrogen-bond donors (Lipinski definition) is 0. The third kappa shape index (κ3) is 3.12. The van der Waals surface area contributed by atoms with E-state index in [-0.39, 0.29) is 16.9 Å². The molecule has 0 spiro atoms. The molecule has 2 atom stereocenters. The Morgan fingerprint density at radius 2 is 1.12 bits per heavy atom. The second-order valence-electron chi connectivity index (χ2n) is 9.85. The Kier molecular flexibility index (Phi) is 5.22. The molecule has 0 saturated carbocycles. The van der Waals surface area contributed by atoms with Crippen molar-refractivity contribution in [1.82, 2.24) is 0 Å². The lowest BCUT2D eigenvalue weighted by atomic mass is 9.48. The van der Waals surface area contributed by atoms with E-state index in [2.05, 4.69) is 141 Å². The predicted octanol–water partition coefficient (Wildman–Crippen LogP) is 7.42. The molecule has 0 N–H and O–H groups in total.